The maximum Gasteiger partial charge on any atom is 0.300 e. The zero-order valence-electron chi connectivity index (χ0n) is 39.9. The van der Waals surface area contributed by atoms with Crippen LogP contribution in [0.1, 0.15) is 102 Å². The number of ether oxygens (including phenoxy) is 2. The van der Waals surface area contributed by atoms with E-state index in [0.717, 1.165) is 39.8 Å². The number of rotatable bonds is 21. The lowest BCUT2D eigenvalue weighted by Crippen LogP contribution is -2.36. The van der Waals surface area contributed by atoms with E-state index in [1.54, 1.807) is 102 Å². The standard InChI is InChI=1S/C50H60N2O9P2S4/c1-12-60-62(56,37-22-16-14-17-23-37)44(53)40-31(3)28-33(5)42(35(40)7)51-39-30-50(39,11)67-48(65)59-27-21-20-26-58-47(64)66-49(9,10)46(55)52-43-34(6)29-32(4)41(36(43)8)45(54)63(57,61-13-2)38-24-18-15-19-25-38/h14-19,22-25,28-30,51H,12-13,20-21,26-27H2,1-11H3,(H,52,55). The third-order valence-electron chi connectivity index (χ3n) is 11.2. The van der Waals surface area contributed by atoms with E-state index in [2.05, 4.69) is 10.6 Å². The number of unbranched alkanes of at least 4 members (excludes halogenated alkanes) is 1. The van der Waals surface area contributed by atoms with E-state index >= 15 is 0 Å². The maximum atomic E-state index is 14.2. The highest BCUT2D eigenvalue weighted by molar-refractivity contribution is 8.24. The van der Waals surface area contributed by atoms with Gasteiger partial charge in [-0.05, 0) is 177 Å². The zero-order chi connectivity index (χ0) is 49.5. The first-order valence-corrected chi connectivity index (χ1v) is 27.7. The summed E-state index contributed by atoms with van der Waals surface area (Å²) < 4.78 is 50.7. The van der Waals surface area contributed by atoms with E-state index in [-0.39, 0.29) is 29.1 Å². The number of carbonyl (C=O) groups is 3. The van der Waals surface area contributed by atoms with Crippen LogP contribution in [-0.2, 0) is 32.4 Å². The topological polar surface area (TPSA) is 146 Å². The van der Waals surface area contributed by atoms with E-state index < -0.39 is 35.3 Å². The van der Waals surface area contributed by atoms with Crippen LogP contribution in [0.15, 0.2) is 84.6 Å². The van der Waals surface area contributed by atoms with Gasteiger partial charge >= 0.3 is 14.7 Å². The monoisotopic (exact) mass is 1020 g/mol. The number of carbonyl (C=O) groups excluding carboxylic acids is 3. The molecule has 0 aromatic heterocycles. The predicted molar refractivity (Wildman–Crippen MR) is 285 cm³/mol. The Kier molecular flexibility index (Phi) is 18.3. The van der Waals surface area contributed by atoms with Crippen molar-refractivity contribution in [1.29, 1.82) is 0 Å². The summed E-state index contributed by atoms with van der Waals surface area (Å²) in [7, 11) is -7.82. The molecule has 0 fully saturated rings. The van der Waals surface area contributed by atoms with Crippen molar-refractivity contribution in [3.63, 3.8) is 0 Å². The molecule has 0 saturated heterocycles. The SMILES string of the molecule is CCOP(=O)(C(=O)c1c(C)cc(C)c(NC(=O)C(C)(C)SC(=S)OCCCCOC(=S)SC2(C)C=C2Nc2c(C)cc(C)c(C(=O)P(=O)(OCC)c3ccccc3)c2C)c1C)c1ccccc1. The molecule has 0 aliphatic heterocycles. The van der Waals surface area contributed by atoms with Crippen molar-refractivity contribution in [3.05, 3.63) is 129 Å². The van der Waals surface area contributed by atoms with Gasteiger partial charge in [-0.15, -0.1) is 0 Å². The van der Waals surface area contributed by atoms with Gasteiger partial charge in [-0.2, -0.15) is 0 Å². The van der Waals surface area contributed by atoms with Crippen LogP contribution < -0.4 is 21.2 Å². The van der Waals surface area contributed by atoms with Gasteiger partial charge in [0.25, 0.3) is 11.0 Å². The first-order chi connectivity index (χ1) is 31.5. The fraction of sp³-hybridized carbons (Fsp3) is 0.380. The van der Waals surface area contributed by atoms with E-state index in [4.69, 9.17) is 43.0 Å². The average Bonchev–Trinajstić information content (AvgIpc) is 3.92. The summed E-state index contributed by atoms with van der Waals surface area (Å²) in [6, 6.07) is 20.8. The van der Waals surface area contributed by atoms with Crippen molar-refractivity contribution >= 4 is 110 Å². The minimum atomic E-state index is -3.95. The molecule has 2 N–H and O–H groups in total. The summed E-state index contributed by atoms with van der Waals surface area (Å²) in [5.74, 6) is -0.346. The Morgan fingerprint density at radius 3 is 1.57 bits per heavy atom. The van der Waals surface area contributed by atoms with Gasteiger partial charge < -0.3 is 29.2 Å². The lowest BCUT2D eigenvalue weighted by Gasteiger charge is -2.26. The number of amides is 1. The van der Waals surface area contributed by atoms with Gasteiger partial charge in [-0.1, -0.05) is 72.1 Å². The Bertz CT molecular complexity index is 2690. The Morgan fingerprint density at radius 1 is 0.672 bits per heavy atom. The second-order valence-corrected chi connectivity index (χ2v) is 25.7. The molecule has 5 rings (SSSR count). The molecule has 1 aliphatic rings. The third-order valence-corrected chi connectivity index (χ3v) is 18.7. The molecule has 0 saturated carbocycles. The lowest BCUT2D eigenvalue weighted by molar-refractivity contribution is -0.117. The Balaban J connectivity index is 1.09. The minimum absolute atomic E-state index is 0.0845. The molecule has 0 radical (unpaired) electrons. The molecule has 4 aromatic rings. The Morgan fingerprint density at radius 2 is 1.10 bits per heavy atom. The summed E-state index contributed by atoms with van der Waals surface area (Å²) in [6.45, 7) is 20.9. The van der Waals surface area contributed by atoms with E-state index in [0.29, 0.717) is 69.0 Å². The average molecular weight is 1020 g/mol. The Hall–Kier alpha value is -3.91. The van der Waals surface area contributed by atoms with Crippen molar-refractivity contribution < 1.29 is 42.0 Å². The summed E-state index contributed by atoms with van der Waals surface area (Å²) >= 11 is 13.6. The van der Waals surface area contributed by atoms with Crippen LogP contribution in [0.2, 0.25) is 0 Å². The summed E-state index contributed by atoms with van der Waals surface area (Å²) in [4.78, 5) is 41.9. The zero-order valence-corrected chi connectivity index (χ0v) is 45.0. The number of nitrogens with one attached hydrogen (secondary N) is 2. The third kappa shape index (κ3) is 12.5. The molecule has 3 unspecified atom stereocenters. The molecule has 358 valence electrons. The number of benzene rings is 4. The fourth-order valence-corrected chi connectivity index (χ4v) is 14.7. The number of aryl methyl sites for hydroxylation is 4. The molecule has 0 heterocycles. The van der Waals surface area contributed by atoms with Crippen LogP contribution in [0, 0.1) is 41.5 Å². The van der Waals surface area contributed by atoms with Gasteiger partial charge in [0.05, 0.1) is 35.9 Å². The molecule has 3 atom stereocenters. The van der Waals surface area contributed by atoms with E-state index in [1.165, 1.54) is 11.8 Å². The van der Waals surface area contributed by atoms with Crippen LogP contribution in [0.3, 0.4) is 0 Å². The van der Waals surface area contributed by atoms with Gasteiger partial charge in [0.1, 0.15) is 0 Å². The van der Waals surface area contributed by atoms with Crippen LogP contribution in [0.4, 0.5) is 11.4 Å². The molecule has 4 aromatic carbocycles. The number of hydrogen-bond acceptors (Lipinski definition) is 14. The number of thiocarbonyl (C=S) groups is 2. The quantitative estimate of drug-likeness (QED) is 0.0463. The first kappa shape index (κ1) is 54.0. The summed E-state index contributed by atoms with van der Waals surface area (Å²) in [5.41, 5.74) is 5.86. The summed E-state index contributed by atoms with van der Waals surface area (Å²) in [5, 5.41) is 7.19. The number of thioether (sulfide) groups is 2. The summed E-state index contributed by atoms with van der Waals surface area (Å²) in [6.07, 6.45) is 3.32. The van der Waals surface area contributed by atoms with E-state index in [9.17, 15) is 23.5 Å². The molecule has 67 heavy (non-hydrogen) atoms. The molecule has 1 amide bonds. The number of hydrogen-bond donors (Lipinski definition) is 2. The predicted octanol–water partition coefficient (Wildman–Crippen LogP) is 12.4. The first-order valence-electron chi connectivity index (χ1n) is 22.0. The largest absolute Gasteiger partial charge is 0.479 e. The minimum Gasteiger partial charge on any atom is -0.479 e. The highest BCUT2D eigenvalue weighted by Crippen LogP contribution is 2.53. The van der Waals surface area contributed by atoms with Gasteiger partial charge in [-0.25, -0.2) is 0 Å². The van der Waals surface area contributed by atoms with Crippen LogP contribution in [0.25, 0.3) is 0 Å². The smallest absolute Gasteiger partial charge is 0.300 e. The molecule has 1 aliphatic carbocycles. The molecule has 0 spiro atoms. The van der Waals surface area contributed by atoms with Crippen molar-refractivity contribution in [2.24, 2.45) is 0 Å². The number of anilines is 2. The van der Waals surface area contributed by atoms with Crippen LogP contribution in [-0.4, -0.2) is 61.6 Å². The van der Waals surface area contributed by atoms with E-state index in [1.807, 2.05) is 52.8 Å². The molecule has 11 nitrogen and oxygen atoms in total. The van der Waals surface area contributed by atoms with Crippen molar-refractivity contribution in [2.45, 2.75) is 98.5 Å². The highest BCUT2D eigenvalue weighted by atomic mass is 32.2. The highest BCUT2D eigenvalue weighted by Gasteiger charge is 2.44. The fourth-order valence-electron chi connectivity index (χ4n) is 7.71. The second kappa shape index (κ2) is 22.7. The van der Waals surface area contributed by atoms with Gasteiger partial charge in [-0.3, -0.25) is 23.5 Å². The molecule has 17 heteroatoms. The van der Waals surface area contributed by atoms with Gasteiger partial charge in [0, 0.05) is 38.8 Å². The lowest BCUT2D eigenvalue weighted by atomic mass is 9.97. The van der Waals surface area contributed by atoms with Crippen LogP contribution in [0.5, 0.6) is 0 Å². The Labute approximate surface area is 414 Å². The maximum absolute atomic E-state index is 14.2. The van der Waals surface area contributed by atoms with Crippen molar-refractivity contribution in [2.75, 3.05) is 37.1 Å². The van der Waals surface area contributed by atoms with Gasteiger partial charge in [0.2, 0.25) is 14.7 Å². The molecular weight excluding hydrogens is 963 g/mol. The normalized spacial score (nSPS) is 16.2. The van der Waals surface area contributed by atoms with Gasteiger partial charge in [0.15, 0.2) is 0 Å². The molecular formula is C50H60N2O9P2S4. The second-order valence-electron chi connectivity index (χ2n) is 16.9. The molecule has 0 bridgehead atoms. The van der Waals surface area contributed by atoms with Crippen LogP contribution >= 0.6 is 62.7 Å². The van der Waals surface area contributed by atoms with Crippen molar-refractivity contribution in [1.82, 2.24) is 0 Å². The van der Waals surface area contributed by atoms with Crippen molar-refractivity contribution in [3.8, 4) is 0 Å².